The van der Waals surface area contributed by atoms with E-state index in [1.165, 1.54) is 0 Å². The molecular formula is C18H17NO3. The summed E-state index contributed by atoms with van der Waals surface area (Å²) >= 11 is 0. The Labute approximate surface area is 129 Å². The maximum Gasteiger partial charge on any atom is 0.231 e. The van der Waals surface area contributed by atoms with Gasteiger partial charge in [0, 0.05) is 30.9 Å². The maximum atomic E-state index is 12.2. The summed E-state index contributed by atoms with van der Waals surface area (Å²) in [5, 5.41) is 0. The van der Waals surface area contributed by atoms with Crippen LogP contribution >= 0.6 is 0 Å². The molecule has 112 valence electrons. The van der Waals surface area contributed by atoms with Gasteiger partial charge in [0.25, 0.3) is 0 Å². The number of allylic oxidation sites excluding steroid dienone is 1. The number of fused-ring (bicyclic) bond motifs is 1. The Kier molecular flexibility index (Phi) is 3.83. The van der Waals surface area contributed by atoms with Crippen LogP contribution < -0.4 is 14.4 Å². The van der Waals surface area contributed by atoms with E-state index in [4.69, 9.17) is 9.47 Å². The quantitative estimate of drug-likeness (QED) is 0.640. The van der Waals surface area contributed by atoms with Crippen LogP contribution in [0.5, 0.6) is 11.5 Å². The molecule has 0 radical (unpaired) electrons. The molecule has 1 aliphatic heterocycles. The minimum Gasteiger partial charge on any atom is -0.454 e. The molecule has 0 atom stereocenters. The van der Waals surface area contributed by atoms with Gasteiger partial charge in [0.05, 0.1) is 0 Å². The van der Waals surface area contributed by atoms with Crippen LogP contribution in [0.4, 0.5) is 5.69 Å². The largest absolute Gasteiger partial charge is 0.454 e. The van der Waals surface area contributed by atoms with Gasteiger partial charge < -0.3 is 14.4 Å². The highest BCUT2D eigenvalue weighted by Crippen LogP contribution is 2.35. The van der Waals surface area contributed by atoms with Crippen molar-refractivity contribution < 1.29 is 14.3 Å². The van der Waals surface area contributed by atoms with E-state index in [-0.39, 0.29) is 12.6 Å². The normalized spacial score (nSPS) is 12.6. The molecule has 4 heteroatoms. The first-order chi connectivity index (χ1) is 10.6. The number of carbonyl (C=O) groups is 1. The average Bonchev–Trinajstić information content (AvgIpc) is 3.01. The molecule has 0 saturated carbocycles. The fourth-order valence-corrected chi connectivity index (χ4v) is 2.27. The summed E-state index contributed by atoms with van der Waals surface area (Å²) in [6.45, 7) is 0.222. The summed E-state index contributed by atoms with van der Waals surface area (Å²) in [6, 6.07) is 13.1. The number of nitrogens with zero attached hydrogens (tertiary/aromatic N) is 1. The van der Waals surface area contributed by atoms with Crippen molar-refractivity contribution >= 4 is 17.5 Å². The number of ketones is 1. The van der Waals surface area contributed by atoms with Crippen molar-refractivity contribution in [1.29, 1.82) is 0 Å². The molecule has 0 unspecified atom stereocenters. The molecule has 1 heterocycles. The highest BCUT2D eigenvalue weighted by atomic mass is 16.7. The van der Waals surface area contributed by atoms with Gasteiger partial charge in [0.1, 0.15) is 0 Å². The Hall–Kier alpha value is -2.75. The summed E-state index contributed by atoms with van der Waals surface area (Å²) in [4.78, 5) is 14.2. The number of ether oxygens (including phenoxy) is 2. The van der Waals surface area contributed by atoms with Gasteiger partial charge in [-0.15, -0.1) is 0 Å². The van der Waals surface area contributed by atoms with Crippen molar-refractivity contribution in [2.45, 2.75) is 0 Å². The van der Waals surface area contributed by atoms with E-state index in [1.54, 1.807) is 12.2 Å². The van der Waals surface area contributed by atoms with Gasteiger partial charge >= 0.3 is 0 Å². The van der Waals surface area contributed by atoms with E-state index in [0.717, 1.165) is 11.3 Å². The van der Waals surface area contributed by atoms with Crippen LogP contribution in [0.15, 0.2) is 48.5 Å². The molecule has 0 aromatic heterocycles. The van der Waals surface area contributed by atoms with Gasteiger partial charge in [-0.25, -0.2) is 0 Å². The Morgan fingerprint density at radius 3 is 2.59 bits per heavy atom. The molecule has 22 heavy (non-hydrogen) atoms. The van der Waals surface area contributed by atoms with Crippen LogP contribution in [0.25, 0.3) is 6.08 Å². The lowest BCUT2D eigenvalue weighted by Gasteiger charge is -2.11. The number of hydrogen-bond donors (Lipinski definition) is 0. The van der Waals surface area contributed by atoms with Crippen LogP contribution in [0.3, 0.4) is 0 Å². The van der Waals surface area contributed by atoms with E-state index in [0.29, 0.717) is 17.1 Å². The highest BCUT2D eigenvalue weighted by Gasteiger charge is 2.15. The van der Waals surface area contributed by atoms with Crippen LogP contribution in [0, 0.1) is 0 Å². The second-order valence-corrected chi connectivity index (χ2v) is 5.22. The Morgan fingerprint density at radius 2 is 1.86 bits per heavy atom. The van der Waals surface area contributed by atoms with Crippen LogP contribution in [-0.4, -0.2) is 26.7 Å². The lowest BCUT2D eigenvalue weighted by molar-refractivity contribution is 0.104. The third-order valence-corrected chi connectivity index (χ3v) is 3.51. The zero-order valence-electron chi connectivity index (χ0n) is 12.6. The van der Waals surface area contributed by atoms with Gasteiger partial charge in [-0.3, -0.25) is 4.79 Å². The fraction of sp³-hybridized carbons (Fsp3) is 0.167. The third-order valence-electron chi connectivity index (χ3n) is 3.51. The van der Waals surface area contributed by atoms with Gasteiger partial charge in [-0.2, -0.15) is 0 Å². The van der Waals surface area contributed by atoms with Gasteiger partial charge in [-0.1, -0.05) is 12.1 Å². The summed E-state index contributed by atoms with van der Waals surface area (Å²) < 4.78 is 10.7. The molecule has 3 rings (SSSR count). The molecule has 0 N–H and O–H groups in total. The van der Waals surface area contributed by atoms with E-state index < -0.39 is 0 Å². The molecule has 2 aromatic rings. The molecule has 0 amide bonds. The van der Waals surface area contributed by atoms with Crippen molar-refractivity contribution in [3.8, 4) is 11.5 Å². The van der Waals surface area contributed by atoms with Crippen LogP contribution in [0.2, 0.25) is 0 Å². The predicted molar refractivity (Wildman–Crippen MR) is 86.7 cm³/mol. The number of para-hydroxylation sites is 1. The average molecular weight is 295 g/mol. The smallest absolute Gasteiger partial charge is 0.231 e. The summed E-state index contributed by atoms with van der Waals surface area (Å²) in [6.07, 6.45) is 3.32. The number of benzene rings is 2. The van der Waals surface area contributed by atoms with E-state index in [9.17, 15) is 4.79 Å². The van der Waals surface area contributed by atoms with Crippen molar-refractivity contribution in [1.82, 2.24) is 0 Å². The topological polar surface area (TPSA) is 38.8 Å². The van der Waals surface area contributed by atoms with Gasteiger partial charge in [0.2, 0.25) is 6.79 Å². The highest BCUT2D eigenvalue weighted by molar-refractivity contribution is 6.07. The van der Waals surface area contributed by atoms with E-state index in [1.807, 2.05) is 61.5 Å². The fourth-order valence-electron chi connectivity index (χ4n) is 2.27. The maximum absolute atomic E-state index is 12.2. The lowest BCUT2D eigenvalue weighted by atomic mass is 10.1. The first-order valence-electron chi connectivity index (χ1n) is 7.03. The van der Waals surface area contributed by atoms with E-state index >= 15 is 0 Å². The molecule has 0 fully saturated rings. The molecule has 2 aromatic carbocycles. The molecule has 1 aliphatic rings. The molecule has 0 spiro atoms. The Balaban J connectivity index is 1.78. The number of anilines is 1. The number of rotatable bonds is 4. The minimum absolute atomic E-state index is 0.0400. The van der Waals surface area contributed by atoms with Crippen molar-refractivity contribution in [2.24, 2.45) is 0 Å². The predicted octanol–water partition coefficient (Wildman–Crippen LogP) is 3.38. The molecular weight excluding hydrogens is 278 g/mol. The molecule has 0 bridgehead atoms. The number of hydrogen-bond acceptors (Lipinski definition) is 4. The number of carbonyl (C=O) groups excluding carboxylic acids is 1. The van der Waals surface area contributed by atoms with Crippen LogP contribution in [-0.2, 0) is 0 Å². The van der Waals surface area contributed by atoms with E-state index in [2.05, 4.69) is 0 Å². The summed E-state index contributed by atoms with van der Waals surface area (Å²) in [5.41, 5.74) is 2.56. The van der Waals surface area contributed by atoms with Crippen LogP contribution in [0.1, 0.15) is 15.9 Å². The standard InChI is InChI=1S/C18H17NO3/c1-19(2)15-9-6-13(7-10-15)16(20)11-8-14-4-3-5-17-18(14)22-12-21-17/h3-11H,12H2,1-2H3/b11-8+. The first kappa shape index (κ1) is 14.2. The van der Waals surface area contributed by atoms with Crippen molar-refractivity contribution in [2.75, 3.05) is 25.8 Å². The van der Waals surface area contributed by atoms with Crippen molar-refractivity contribution in [3.63, 3.8) is 0 Å². The van der Waals surface area contributed by atoms with Crippen molar-refractivity contribution in [3.05, 3.63) is 59.7 Å². The first-order valence-corrected chi connectivity index (χ1v) is 7.03. The van der Waals surface area contributed by atoms with Gasteiger partial charge in [-0.05, 0) is 42.5 Å². The summed E-state index contributed by atoms with van der Waals surface area (Å²) in [5.74, 6) is 1.36. The minimum atomic E-state index is -0.0400. The monoisotopic (exact) mass is 295 g/mol. The second-order valence-electron chi connectivity index (χ2n) is 5.22. The lowest BCUT2D eigenvalue weighted by Crippen LogP contribution is -2.08. The molecule has 4 nitrogen and oxygen atoms in total. The Bertz CT molecular complexity index is 718. The van der Waals surface area contributed by atoms with Gasteiger partial charge in [0.15, 0.2) is 17.3 Å². The zero-order chi connectivity index (χ0) is 15.5. The SMILES string of the molecule is CN(C)c1ccc(C(=O)/C=C/c2cccc3c2OCO3)cc1. The Morgan fingerprint density at radius 1 is 1.09 bits per heavy atom. The zero-order valence-corrected chi connectivity index (χ0v) is 12.6. The molecule has 0 aliphatic carbocycles. The third kappa shape index (κ3) is 2.81. The summed E-state index contributed by atoms with van der Waals surface area (Å²) in [7, 11) is 3.93. The second kappa shape index (κ2) is 5.93. The molecule has 0 saturated heterocycles.